The van der Waals surface area contributed by atoms with Gasteiger partial charge in [0.25, 0.3) is 5.56 Å². The second-order valence-corrected chi connectivity index (χ2v) is 3.75. The largest absolute Gasteiger partial charge is 0.477 e. The molecule has 5 nitrogen and oxygen atoms in total. The third kappa shape index (κ3) is 2.24. The van der Waals surface area contributed by atoms with Gasteiger partial charge in [-0.2, -0.15) is 0 Å². The highest BCUT2D eigenvalue weighted by Crippen LogP contribution is 2.19. The van der Waals surface area contributed by atoms with Crippen molar-refractivity contribution in [3.05, 3.63) is 52.3 Å². The molecule has 0 spiro atoms. The van der Waals surface area contributed by atoms with Gasteiger partial charge >= 0.3 is 5.97 Å². The fourth-order valence-corrected chi connectivity index (χ4v) is 1.65. The molecule has 0 saturated heterocycles. The van der Waals surface area contributed by atoms with E-state index in [1.54, 1.807) is 13.1 Å². The predicted octanol–water partition coefficient (Wildman–Crippen LogP) is 1.78. The lowest BCUT2D eigenvalue weighted by Gasteiger charge is -2.05. The molecule has 0 unspecified atom stereocenters. The van der Waals surface area contributed by atoms with Crippen LogP contribution in [0.25, 0.3) is 11.3 Å². The Morgan fingerprint density at radius 2 is 2.06 bits per heavy atom. The van der Waals surface area contributed by atoms with Gasteiger partial charge in [-0.1, -0.05) is 12.1 Å². The molecule has 0 atom stereocenters. The number of rotatable bonds is 3. The van der Waals surface area contributed by atoms with Crippen LogP contribution in [0.4, 0.5) is 5.69 Å². The summed E-state index contributed by atoms with van der Waals surface area (Å²) in [5, 5.41) is 11.8. The van der Waals surface area contributed by atoms with Crippen LogP contribution in [0.15, 0.2) is 41.2 Å². The van der Waals surface area contributed by atoms with E-state index in [1.165, 1.54) is 6.07 Å². The van der Waals surface area contributed by atoms with Gasteiger partial charge in [0.1, 0.15) is 5.56 Å². The van der Waals surface area contributed by atoms with E-state index in [1.807, 2.05) is 24.3 Å². The molecule has 2 aromatic rings. The number of H-pyrrole nitrogens is 1. The summed E-state index contributed by atoms with van der Waals surface area (Å²) in [6.07, 6.45) is 0. The zero-order chi connectivity index (χ0) is 13.1. The van der Waals surface area contributed by atoms with E-state index in [9.17, 15) is 9.59 Å². The number of pyridine rings is 1. The topological polar surface area (TPSA) is 82.2 Å². The van der Waals surface area contributed by atoms with E-state index in [0.717, 1.165) is 11.3 Å². The maximum absolute atomic E-state index is 11.6. The molecule has 0 amide bonds. The van der Waals surface area contributed by atoms with Crippen molar-refractivity contribution >= 4 is 11.7 Å². The fourth-order valence-electron chi connectivity index (χ4n) is 1.65. The van der Waals surface area contributed by atoms with E-state index < -0.39 is 11.5 Å². The van der Waals surface area contributed by atoms with Crippen LogP contribution in [0.2, 0.25) is 0 Å². The number of carboxylic acids is 1. The van der Waals surface area contributed by atoms with Crippen LogP contribution in [0.3, 0.4) is 0 Å². The first-order valence-corrected chi connectivity index (χ1v) is 5.36. The zero-order valence-corrected chi connectivity index (χ0v) is 9.73. The normalized spacial score (nSPS) is 10.1. The molecule has 5 heteroatoms. The van der Waals surface area contributed by atoms with Crippen LogP contribution in [0, 0.1) is 0 Å². The number of nitrogens with one attached hydrogen (secondary N) is 2. The molecule has 0 saturated carbocycles. The molecular weight excluding hydrogens is 232 g/mol. The summed E-state index contributed by atoms with van der Waals surface area (Å²) in [6.45, 7) is 0. The average Bonchev–Trinajstić information content (AvgIpc) is 2.38. The molecule has 0 aliphatic carbocycles. The Kier molecular flexibility index (Phi) is 3.14. The van der Waals surface area contributed by atoms with E-state index in [0.29, 0.717) is 5.69 Å². The zero-order valence-electron chi connectivity index (χ0n) is 9.73. The molecule has 0 bridgehead atoms. The van der Waals surface area contributed by atoms with Crippen molar-refractivity contribution in [2.24, 2.45) is 0 Å². The van der Waals surface area contributed by atoms with Gasteiger partial charge in [0, 0.05) is 24.0 Å². The lowest BCUT2D eigenvalue weighted by atomic mass is 10.1. The number of anilines is 1. The second-order valence-electron chi connectivity index (χ2n) is 3.75. The minimum Gasteiger partial charge on any atom is -0.477 e. The lowest BCUT2D eigenvalue weighted by Crippen LogP contribution is -2.17. The number of aromatic nitrogens is 1. The summed E-state index contributed by atoms with van der Waals surface area (Å²) in [6, 6.07) is 10.3. The monoisotopic (exact) mass is 244 g/mol. The molecule has 1 aromatic heterocycles. The van der Waals surface area contributed by atoms with Crippen molar-refractivity contribution in [2.45, 2.75) is 0 Å². The third-order valence-corrected chi connectivity index (χ3v) is 2.60. The van der Waals surface area contributed by atoms with E-state index in [4.69, 9.17) is 5.11 Å². The molecule has 0 radical (unpaired) electrons. The summed E-state index contributed by atoms with van der Waals surface area (Å²) in [7, 11) is 1.80. The molecule has 92 valence electrons. The maximum Gasteiger partial charge on any atom is 0.341 e. The van der Waals surface area contributed by atoms with Gasteiger partial charge in [-0.05, 0) is 24.3 Å². The van der Waals surface area contributed by atoms with Crippen molar-refractivity contribution in [3.63, 3.8) is 0 Å². The number of aromatic carboxylic acids is 1. The Balaban J connectivity index is 2.48. The number of hydrogen-bond donors (Lipinski definition) is 3. The Bertz CT molecular complexity index is 647. The highest BCUT2D eigenvalue weighted by atomic mass is 16.4. The average molecular weight is 244 g/mol. The molecule has 1 heterocycles. The third-order valence-electron chi connectivity index (χ3n) is 2.60. The Morgan fingerprint density at radius 3 is 2.67 bits per heavy atom. The minimum absolute atomic E-state index is 0.261. The van der Waals surface area contributed by atoms with Crippen molar-refractivity contribution < 1.29 is 9.90 Å². The Labute approximate surface area is 103 Å². The number of aromatic amines is 1. The summed E-state index contributed by atoms with van der Waals surface area (Å²) in [4.78, 5) is 24.9. The van der Waals surface area contributed by atoms with E-state index in [-0.39, 0.29) is 5.56 Å². The van der Waals surface area contributed by atoms with Gasteiger partial charge in [-0.15, -0.1) is 0 Å². The molecule has 18 heavy (non-hydrogen) atoms. The van der Waals surface area contributed by atoms with E-state index >= 15 is 0 Å². The molecule has 0 aliphatic rings. The second kappa shape index (κ2) is 4.75. The van der Waals surface area contributed by atoms with Crippen LogP contribution in [0.5, 0.6) is 0 Å². The predicted molar refractivity (Wildman–Crippen MR) is 69.0 cm³/mol. The molecule has 1 aromatic carbocycles. The highest BCUT2D eigenvalue weighted by Gasteiger charge is 2.09. The Morgan fingerprint density at radius 1 is 1.28 bits per heavy atom. The number of hydrogen-bond acceptors (Lipinski definition) is 3. The molecule has 0 fully saturated rings. The lowest BCUT2D eigenvalue weighted by molar-refractivity contribution is 0.0695. The van der Waals surface area contributed by atoms with Crippen molar-refractivity contribution in [2.75, 3.05) is 12.4 Å². The first-order chi connectivity index (χ1) is 8.61. The van der Waals surface area contributed by atoms with Crippen LogP contribution in [-0.4, -0.2) is 23.1 Å². The van der Waals surface area contributed by atoms with Crippen molar-refractivity contribution in [3.8, 4) is 11.3 Å². The molecule has 2 rings (SSSR count). The van der Waals surface area contributed by atoms with E-state index in [2.05, 4.69) is 10.3 Å². The summed E-state index contributed by atoms with van der Waals surface area (Å²) in [5.74, 6) is -1.23. The fraction of sp³-hybridized carbons (Fsp3) is 0.0769. The molecule has 0 aliphatic heterocycles. The maximum atomic E-state index is 11.6. The summed E-state index contributed by atoms with van der Waals surface area (Å²) in [5.41, 5.74) is 1.45. The van der Waals surface area contributed by atoms with Gasteiger partial charge in [0.2, 0.25) is 0 Å². The Hall–Kier alpha value is -2.56. The van der Waals surface area contributed by atoms with Gasteiger partial charge in [-0.3, -0.25) is 4.79 Å². The van der Waals surface area contributed by atoms with Crippen LogP contribution in [-0.2, 0) is 0 Å². The standard InChI is InChI=1S/C13H12N2O3/c1-14-9-4-2-3-8(7-9)11-6-5-10(13(17)18)12(16)15-11/h2-7,14H,1H3,(H,15,16)(H,17,18). The molecule has 3 N–H and O–H groups in total. The quantitative estimate of drug-likeness (QED) is 0.768. The number of carboxylic acid groups (broad SMARTS) is 1. The van der Waals surface area contributed by atoms with Gasteiger partial charge in [0.15, 0.2) is 0 Å². The van der Waals surface area contributed by atoms with Crippen LogP contribution >= 0.6 is 0 Å². The first kappa shape index (κ1) is 11.9. The smallest absolute Gasteiger partial charge is 0.341 e. The number of benzene rings is 1. The van der Waals surface area contributed by atoms with Crippen LogP contribution < -0.4 is 10.9 Å². The van der Waals surface area contributed by atoms with Crippen molar-refractivity contribution in [1.82, 2.24) is 4.98 Å². The summed E-state index contributed by atoms with van der Waals surface area (Å²) < 4.78 is 0. The molecular formula is C13H12N2O3. The summed E-state index contributed by atoms with van der Waals surface area (Å²) >= 11 is 0. The highest BCUT2D eigenvalue weighted by molar-refractivity contribution is 5.87. The minimum atomic E-state index is -1.23. The SMILES string of the molecule is CNc1cccc(-c2ccc(C(=O)O)c(=O)[nH]2)c1. The van der Waals surface area contributed by atoms with Gasteiger partial charge < -0.3 is 15.4 Å². The van der Waals surface area contributed by atoms with Crippen molar-refractivity contribution in [1.29, 1.82) is 0 Å². The first-order valence-electron chi connectivity index (χ1n) is 5.36. The van der Waals surface area contributed by atoms with Gasteiger partial charge in [-0.25, -0.2) is 4.79 Å². The van der Waals surface area contributed by atoms with Crippen LogP contribution in [0.1, 0.15) is 10.4 Å². The number of carbonyl (C=O) groups is 1. The van der Waals surface area contributed by atoms with Gasteiger partial charge in [0.05, 0.1) is 0 Å².